The van der Waals surface area contributed by atoms with Gasteiger partial charge in [-0.2, -0.15) is 13.2 Å². The lowest BCUT2D eigenvalue weighted by Gasteiger charge is -2.12. The third-order valence-corrected chi connectivity index (χ3v) is 2.35. The van der Waals surface area contributed by atoms with Crippen LogP contribution in [0.2, 0.25) is 0 Å². The van der Waals surface area contributed by atoms with Crippen LogP contribution in [0.15, 0.2) is 42.6 Å². The van der Waals surface area contributed by atoms with Gasteiger partial charge in [-0.05, 0) is 18.2 Å². The van der Waals surface area contributed by atoms with Crippen molar-refractivity contribution in [3.63, 3.8) is 0 Å². The predicted octanol–water partition coefficient (Wildman–Crippen LogP) is 3.35. The highest BCUT2D eigenvalue weighted by molar-refractivity contribution is 5.76. The molecular formula is C12H9F3N2. The third kappa shape index (κ3) is 2.22. The molecule has 1 aromatic heterocycles. The van der Waals surface area contributed by atoms with Crippen LogP contribution >= 0.6 is 0 Å². The smallest absolute Gasteiger partial charge is 0.398 e. The molecule has 17 heavy (non-hydrogen) atoms. The van der Waals surface area contributed by atoms with Crippen molar-refractivity contribution in [1.82, 2.24) is 4.98 Å². The van der Waals surface area contributed by atoms with Crippen LogP contribution < -0.4 is 5.73 Å². The SMILES string of the molecule is Nc1c(-c2ccccn2)cccc1C(F)(F)F. The molecule has 0 unspecified atom stereocenters. The standard InChI is InChI=1S/C12H9F3N2/c13-12(14,15)9-5-3-4-8(11(9)16)10-6-1-2-7-17-10/h1-7H,16H2. The van der Waals surface area contributed by atoms with Crippen LogP contribution in [-0.2, 0) is 6.18 Å². The van der Waals surface area contributed by atoms with Gasteiger partial charge in [0.15, 0.2) is 0 Å². The summed E-state index contributed by atoms with van der Waals surface area (Å²) in [5.41, 5.74) is 5.13. The summed E-state index contributed by atoms with van der Waals surface area (Å²) in [5, 5.41) is 0. The molecule has 1 aromatic carbocycles. The van der Waals surface area contributed by atoms with Crippen LogP contribution in [0.1, 0.15) is 5.56 Å². The Balaban J connectivity index is 2.58. The number of nitrogen functional groups attached to an aromatic ring is 1. The van der Waals surface area contributed by atoms with Crippen molar-refractivity contribution in [3.8, 4) is 11.3 Å². The molecule has 2 N–H and O–H groups in total. The fourth-order valence-electron chi connectivity index (χ4n) is 1.56. The Morgan fingerprint density at radius 2 is 1.76 bits per heavy atom. The summed E-state index contributed by atoms with van der Waals surface area (Å²) in [6.45, 7) is 0. The highest BCUT2D eigenvalue weighted by atomic mass is 19.4. The van der Waals surface area contributed by atoms with Gasteiger partial charge in [-0.1, -0.05) is 18.2 Å². The first-order valence-electron chi connectivity index (χ1n) is 4.87. The minimum atomic E-state index is -4.45. The van der Waals surface area contributed by atoms with Gasteiger partial charge in [0.2, 0.25) is 0 Å². The lowest BCUT2D eigenvalue weighted by molar-refractivity contribution is -0.136. The van der Waals surface area contributed by atoms with Crippen molar-refractivity contribution < 1.29 is 13.2 Å². The third-order valence-electron chi connectivity index (χ3n) is 2.35. The van der Waals surface area contributed by atoms with Gasteiger partial charge in [-0.3, -0.25) is 4.98 Å². The highest BCUT2D eigenvalue weighted by Crippen LogP contribution is 2.37. The molecule has 0 spiro atoms. The molecule has 0 aliphatic heterocycles. The number of benzene rings is 1. The minimum Gasteiger partial charge on any atom is -0.398 e. The number of hydrogen-bond donors (Lipinski definition) is 1. The number of para-hydroxylation sites is 1. The Labute approximate surface area is 95.9 Å². The summed E-state index contributed by atoms with van der Waals surface area (Å²) in [7, 11) is 0. The molecule has 0 amide bonds. The first-order chi connectivity index (χ1) is 8.00. The summed E-state index contributed by atoms with van der Waals surface area (Å²) in [4.78, 5) is 3.99. The molecule has 2 nitrogen and oxygen atoms in total. The maximum Gasteiger partial charge on any atom is 0.418 e. The average molecular weight is 238 g/mol. The number of nitrogens with two attached hydrogens (primary N) is 1. The van der Waals surface area contributed by atoms with Gasteiger partial charge >= 0.3 is 6.18 Å². The largest absolute Gasteiger partial charge is 0.418 e. The monoisotopic (exact) mass is 238 g/mol. The molecule has 0 saturated heterocycles. The first kappa shape index (κ1) is 11.4. The van der Waals surface area contributed by atoms with Gasteiger partial charge in [0, 0.05) is 11.8 Å². The quantitative estimate of drug-likeness (QED) is 0.774. The molecule has 2 aromatic rings. The molecule has 0 atom stereocenters. The van der Waals surface area contributed by atoms with E-state index in [2.05, 4.69) is 4.98 Å². The molecule has 0 bridgehead atoms. The van der Waals surface area contributed by atoms with Gasteiger partial charge in [0.05, 0.1) is 16.9 Å². The van der Waals surface area contributed by atoms with Crippen LogP contribution in [0.25, 0.3) is 11.3 Å². The van der Waals surface area contributed by atoms with Crippen molar-refractivity contribution in [2.75, 3.05) is 5.73 Å². The normalized spacial score (nSPS) is 11.5. The molecule has 0 aliphatic carbocycles. The van der Waals surface area contributed by atoms with E-state index in [1.807, 2.05) is 0 Å². The Kier molecular flexibility index (Phi) is 2.75. The van der Waals surface area contributed by atoms with E-state index in [4.69, 9.17) is 5.73 Å². The Bertz CT molecular complexity index is 521. The van der Waals surface area contributed by atoms with Crippen LogP contribution in [-0.4, -0.2) is 4.98 Å². The number of aromatic nitrogens is 1. The summed E-state index contributed by atoms with van der Waals surface area (Å²) >= 11 is 0. The maximum absolute atomic E-state index is 12.6. The topological polar surface area (TPSA) is 38.9 Å². The number of rotatable bonds is 1. The molecule has 0 fully saturated rings. The maximum atomic E-state index is 12.6. The van der Waals surface area contributed by atoms with E-state index >= 15 is 0 Å². The summed E-state index contributed by atoms with van der Waals surface area (Å²) < 4.78 is 37.9. The van der Waals surface area contributed by atoms with Crippen LogP contribution in [0.4, 0.5) is 18.9 Å². The lowest BCUT2D eigenvalue weighted by Crippen LogP contribution is -2.09. The number of anilines is 1. The molecule has 88 valence electrons. The summed E-state index contributed by atoms with van der Waals surface area (Å²) in [6.07, 6.45) is -2.94. The zero-order valence-electron chi connectivity index (χ0n) is 8.70. The summed E-state index contributed by atoms with van der Waals surface area (Å²) in [6, 6.07) is 8.80. The Hall–Kier alpha value is -2.04. The second-order valence-corrected chi connectivity index (χ2v) is 3.48. The second kappa shape index (κ2) is 4.08. The number of nitrogens with zero attached hydrogens (tertiary/aromatic N) is 1. The zero-order chi connectivity index (χ0) is 12.5. The number of alkyl halides is 3. The molecule has 0 aliphatic rings. The van der Waals surface area contributed by atoms with Crippen molar-refractivity contribution in [2.45, 2.75) is 6.18 Å². The van der Waals surface area contributed by atoms with E-state index in [0.29, 0.717) is 11.3 Å². The van der Waals surface area contributed by atoms with Crippen molar-refractivity contribution in [3.05, 3.63) is 48.2 Å². The molecule has 2 rings (SSSR count). The number of halogens is 3. The molecule has 5 heteroatoms. The average Bonchev–Trinajstić information content (AvgIpc) is 2.29. The molecule has 1 heterocycles. The Morgan fingerprint density at radius 3 is 2.35 bits per heavy atom. The van der Waals surface area contributed by atoms with Crippen LogP contribution in [0.5, 0.6) is 0 Å². The van der Waals surface area contributed by atoms with E-state index in [0.717, 1.165) is 6.07 Å². The zero-order valence-corrected chi connectivity index (χ0v) is 8.70. The van der Waals surface area contributed by atoms with Crippen molar-refractivity contribution in [2.24, 2.45) is 0 Å². The number of pyridine rings is 1. The van der Waals surface area contributed by atoms with E-state index in [-0.39, 0.29) is 5.69 Å². The lowest BCUT2D eigenvalue weighted by atomic mass is 10.0. The molecule has 0 saturated carbocycles. The molecule has 0 radical (unpaired) electrons. The van der Waals surface area contributed by atoms with Gasteiger partial charge < -0.3 is 5.73 Å². The van der Waals surface area contributed by atoms with Crippen molar-refractivity contribution in [1.29, 1.82) is 0 Å². The highest BCUT2D eigenvalue weighted by Gasteiger charge is 2.33. The van der Waals surface area contributed by atoms with Gasteiger partial charge in [0.1, 0.15) is 0 Å². The molecular weight excluding hydrogens is 229 g/mol. The van der Waals surface area contributed by atoms with E-state index < -0.39 is 11.7 Å². The van der Waals surface area contributed by atoms with Gasteiger partial charge in [0.25, 0.3) is 0 Å². The predicted molar refractivity (Wildman–Crippen MR) is 59.1 cm³/mol. The van der Waals surface area contributed by atoms with Crippen molar-refractivity contribution >= 4 is 5.69 Å². The summed E-state index contributed by atoms with van der Waals surface area (Å²) in [5.74, 6) is 0. The van der Waals surface area contributed by atoms with E-state index in [1.165, 1.54) is 18.3 Å². The van der Waals surface area contributed by atoms with Crippen LogP contribution in [0.3, 0.4) is 0 Å². The number of hydrogen-bond acceptors (Lipinski definition) is 2. The second-order valence-electron chi connectivity index (χ2n) is 3.48. The fraction of sp³-hybridized carbons (Fsp3) is 0.0833. The van der Waals surface area contributed by atoms with Gasteiger partial charge in [-0.25, -0.2) is 0 Å². The van der Waals surface area contributed by atoms with Crippen LogP contribution in [0, 0.1) is 0 Å². The fourth-order valence-corrected chi connectivity index (χ4v) is 1.56. The van der Waals surface area contributed by atoms with E-state index in [9.17, 15) is 13.2 Å². The van der Waals surface area contributed by atoms with E-state index in [1.54, 1.807) is 18.2 Å². The first-order valence-corrected chi connectivity index (χ1v) is 4.87. The Morgan fingerprint density at radius 1 is 1.00 bits per heavy atom. The van der Waals surface area contributed by atoms with Gasteiger partial charge in [-0.15, -0.1) is 0 Å². The minimum absolute atomic E-state index is 0.292.